The number of hydrogen-bond donors (Lipinski definition) is 0. The van der Waals surface area contributed by atoms with Crippen molar-refractivity contribution in [2.45, 2.75) is 0 Å². The van der Waals surface area contributed by atoms with Crippen molar-refractivity contribution in [3.05, 3.63) is 103 Å². The van der Waals surface area contributed by atoms with Crippen LogP contribution in [0.25, 0.3) is 33.4 Å². The molecular weight excluding hydrogens is 422 g/mol. The number of ether oxygens (including phenoxy) is 1. The molecule has 0 unspecified atom stereocenters. The van der Waals surface area contributed by atoms with Crippen LogP contribution in [0, 0.1) is 0 Å². The molecule has 0 bridgehead atoms. The number of para-hydroxylation sites is 1. The van der Waals surface area contributed by atoms with E-state index in [4.69, 9.17) is 16.3 Å². The zero-order valence-electron chi connectivity index (χ0n) is 16.8. The van der Waals surface area contributed by atoms with Crippen molar-refractivity contribution in [2.24, 2.45) is 0 Å². The molecule has 0 aliphatic rings. The molecule has 2 aromatic carbocycles. The van der Waals surface area contributed by atoms with Crippen LogP contribution < -0.4 is 4.74 Å². The second kappa shape index (κ2) is 7.51. The van der Waals surface area contributed by atoms with E-state index < -0.39 is 0 Å². The third kappa shape index (κ3) is 3.18. The predicted molar refractivity (Wildman–Crippen MR) is 125 cm³/mol. The number of aromatic nitrogens is 5. The Kier molecular flexibility index (Phi) is 4.37. The van der Waals surface area contributed by atoms with Crippen LogP contribution in [-0.2, 0) is 0 Å². The van der Waals surface area contributed by atoms with Gasteiger partial charge < -0.3 is 4.74 Å². The Bertz CT molecular complexity index is 1560. The molecule has 154 valence electrons. The SMILES string of the molecule is Clc1cc(Oc2ccc3c4ccccc4n(-c4ccccn4)c3c2)cc(-n2cccn2)n1. The van der Waals surface area contributed by atoms with Crippen LogP contribution in [0.1, 0.15) is 0 Å². The molecule has 0 radical (unpaired) electrons. The zero-order valence-corrected chi connectivity index (χ0v) is 17.5. The number of hydrogen-bond acceptors (Lipinski definition) is 4. The second-order valence-electron chi connectivity index (χ2n) is 7.26. The van der Waals surface area contributed by atoms with E-state index in [-0.39, 0.29) is 0 Å². The average molecular weight is 438 g/mol. The van der Waals surface area contributed by atoms with Crippen LogP contribution in [-0.4, -0.2) is 24.3 Å². The molecule has 0 aliphatic carbocycles. The highest BCUT2D eigenvalue weighted by molar-refractivity contribution is 6.29. The topological polar surface area (TPSA) is 57.8 Å². The Morgan fingerprint density at radius 3 is 2.44 bits per heavy atom. The molecule has 4 aromatic heterocycles. The molecule has 0 spiro atoms. The van der Waals surface area contributed by atoms with E-state index in [0.29, 0.717) is 22.5 Å². The monoisotopic (exact) mass is 437 g/mol. The summed E-state index contributed by atoms with van der Waals surface area (Å²) in [5.41, 5.74) is 2.10. The molecule has 0 aliphatic heterocycles. The first-order chi connectivity index (χ1) is 15.8. The third-order valence-electron chi connectivity index (χ3n) is 5.25. The van der Waals surface area contributed by atoms with Gasteiger partial charge in [0.05, 0.1) is 11.0 Å². The van der Waals surface area contributed by atoms with Crippen LogP contribution in [0.4, 0.5) is 0 Å². The highest BCUT2D eigenvalue weighted by atomic mass is 35.5. The lowest BCUT2D eigenvalue weighted by Crippen LogP contribution is -1.99. The van der Waals surface area contributed by atoms with Crippen molar-refractivity contribution in [3.8, 4) is 23.1 Å². The Morgan fingerprint density at radius 1 is 0.719 bits per heavy atom. The number of halogens is 1. The van der Waals surface area contributed by atoms with Gasteiger partial charge in [-0.25, -0.2) is 14.6 Å². The Balaban J connectivity index is 1.49. The first kappa shape index (κ1) is 18.6. The Morgan fingerprint density at radius 2 is 1.59 bits per heavy atom. The van der Waals surface area contributed by atoms with Crippen molar-refractivity contribution >= 4 is 33.4 Å². The van der Waals surface area contributed by atoms with Crippen LogP contribution in [0.2, 0.25) is 5.15 Å². The van der Waals surface area contributed by atoms with E-state index in [2.05, 4.69) is 37.8 Å². The van der Waals surface area contributed by atoms with Gasteiger partial charge in [0.2, 0.25) is 0 Å². The fourth-order valence-corrected chi connectivity index (χ4v) is 4.12. The second-order valence-corrected chi connectivity index (χ2v) is 7.64. The molecule has 0 N–H and O–H groups in total. The lowest BCUT2D eigenvalue weighted by Gasteiger charge is -2.10. The molecular formula is C25H16ClN5O. The molecule has 6 rings (SSSR count). The highest BCUT2D eigenvalue weighted by Gasteiger charge is 2.14. The smallest absolute Gasteiger partial charge is 0.158 e. The molecule has 6 aromatic rings. The fraction of sp³-hybridized carbons (Fsp3) is 0. The first-order valence-electron chi connectivity index (χ1n) is 10.1. The van der Waals surface area contributed by atoms with Gasteiger partial charge in [-0.15, -0.1) is 0 Å². The minimum Gasteiger partial charge on any atom is -0.457 e. The standard InChI is InChI=1S/C25H16ClN5O/c26-23-15-18(16-25(29-23)30-13-5-12-28-30)32-17-9-10-20-19-6-1-2-7-21(19)31(22(20)14-17)24-8-3-4-11-27-24/h1-16H. The molecule has 0 fully saturated rings. The van der Waals surface area contributed by atoms with Gasteiger partial charge in [0.15, 0.2) is 5.82 Å². The van der Waals surface area contributed by atoms with Crippen LogP contribution >= 0.6 is 11.6 Å². The largest absolute Gasteiger partial charge is 0.457 e. The maximum Gasteiger partial charge on any atom is 0.158 e. The summed E-state index contributed by atoms with van der Waals surface area (Å²) in [6.07, 6.45) is 5.29. The van der Waals surface area contributed by atoms with Gasteiger partial charge in [-0.2, -0.15) is 5.10 Å². The van der Waals surface area contributed by atoms with Crippen LogP contribution in [0.15, 0.2) is 97.5 Å². The predicted octanol–water partition coefficient (Wildman–Crippen LogP) is 6.21. The quantitative estimate of drug-likeness (QED) is 0.308. The van der Waals surface area contributed by atoms with Crippen molar-refractivity contribution in [1.82, 2.24) is 24.3 Å². The van der Waals surface area contributed by atoms with Crippen LogP contribution in [0.3, 0.4) is 0 Å². The average Bonchev–Trinajstić information content (AvgIpc) is 3.46. The van der Waals surface area contributed by atoms with Crippen molar-refractivity contribution in [3.63, 3.8) is 0 Å². The van der Waals surface area contributed by atoms with E-state index in [1.54, 1.807) is 35.4 Å². The summed E-state index contributed by atoms with van der Waals surface area (Å²) in [6, 6.07) is 25.6. The number of nitrogens with zero attached hydrogens (tertiary/aromatic N) is 5. The number of benzene rings is 2. The lowest BCUT2D eigenvalue weighted by atomic mass is 10.1. The summed E-state index contributed by atoms with van der Waals surface area (Å²) >= 11 is 6.24. The van der Waals surface area contributed by atoms with Gasteiger partial charge in [0.25, 0.3) is 0 Å². The molecule has 32 heavy (non-hydrogen) atoms. The zero-order chi connectivity index (χ0) is 21.5. The molecule has 0 amide bonds. The Labute approximate surface area is 188 Å². The summed E-state index contributed by atoms with van der Waals surface area (Å²) in [4.78, 5) is 8.90. The summed E-state index contributed by atoms with van der Waals surface area (Å²) in [5.74, 6) is 2.70. The van der Waals surface area contributed by atoms with E-state index in [9.17, 15) is 0 Å². The molecule has 0 atom stereocenters. The number of fused-ring (bicyclic) bond motifs is 3. The van der Waals surface area contributed by atoms with Gasteiger partial charge in [-0.1, -0.05) is 35.9 Å². The van der Waals surface area contributed by atoms with Crippen molar-refractivity contribution < 1.29 is 4.74 Å². The summed E-state index contributed by atoms with van der Waals surface area (Å²) < 4.78 is 9.98. The summed E-state index contributed by atoms with van der Waals surface area (Å²) in [6.45, 7) is 0. The lowest BCUT2D eigenvalue weighted by molar-refractivity contribution is 0.482. The Hall–Kier alpha value is -4.16. The molecule has 4 heterocycles. The van der Waals surface area contributed by atoms with Gasteiger partial charge >= 0.3 is 0 Å². The van der Waals surface area contributed by atoms with Gasteiger partial charge in [0, 0.05) is 47.6 Å². The third-order valence-corrected chi connectivity index (χ3v) is 5.45. The maximum atomic E-state index is 6.24. The number of pyridine rings is 2. The summed E-state index contributed by atoms with van der Waals surface area (Å²) in [7, 11) is 0. The minimum absolute atomic E-state index is 0.330. The molecule has 0 saturated carbocycles. The van der Waals surface area contributed by atoms with Crippen molar-refractivity contribution in [1.29, 1.82) is 0 Å². The highest BCUT2D eigenvalue weighted by Crippen LogP contribution is 2.35. The van der Waals surface area contributed by atoms with Crippen LogP contribution in [0.5, 0.6) is 11.5 Å². The normalized spacial score (nSPS) is 11.3. The van der Waals surface area contributed by atoms with E-state index >= 15 is 0 Å². The van der Waals surface area contributed by atoms with Gasteiger partial charge in [-0.3, -0.25) is 4.57 Å². The molecule has 7 heteroatoms. The maximum absolute atomic E-state index is 6.24. The van der Waals surface area contributed by atoms with E-state index in [0.717, 1.165) is 27.6 Å². The fourth-order valence-electron chi connectivity index (χ4n) is 3.92. The molecule has 0 saturated heterocycles. The van der Waals surface area contributed by atoms with E-state index in [1.165, 1.54) is 0 Å². The minimum atomic E-state index is 0.330. The molecule has 6 nitrogen and oxygen atoms in total. The van der Waals surface area contributed by atoms with E-state index in [1.807, 2.05) is 48.5 Å². The summed E-state index contributed by atoms with van der Waals surface area (Å²) in [5, 5.41) is 6.83. The van der Waals surface area contributed by atoms with Gasteiger partial charge in [-0.05, 0) is 36.4 Å². The van der Waals surface area contributed by atoms with Gasteiger partial charge in [0.1, 0.15) is 22.5 Å². The number of rotatable bonds is 4. The first-order valence-corrected chi connectivity index (χ1v) is 10.4. The van der Waals surface area contributed by atoms with Crippen molar-refractivity contribution in [2.75, 3.05) is 0 Å².